The maximum Gasteiger partial charge on any atom is 0.181 e. The summed E-state index contributed by atoms with van der Waals surface area (Å²) in [4.78, 5) is 9.09. The van der Waals surface area contributed by atoms with E-state index < -0.39 is 0 Å². The van der Waals surface area contributed by atoms with Crippen LogP contribution in [-0.2, 0) is 7.05 Å². The van der Waals surface area contributed by atoms with Crippen molar-refractivity contribution in [2.24, 2.45) is 7.05 Å². The minimum atomic E-state index is 0.690. The average Bonchev–Trinajstić information content (AvgIpc) is 3.25. The van der Waals surface area contributed by atoms with Crippen LogP contribution in [0.2, 0.25) is 0 Å². The van der Waals surface area contributed by atoms with Crippen LogP contribution in [0.1, 0.15) is 0 Å². The van der Waals surface area contributed by atoms with Crippen molar-refractivity contribution in [2.45, 2.75) is 0 Å². The molecule has 0 fully saturated rings. The molecule has 2 heterocycles. The number of hydrogen-bond acceptors (Lipinski definition) is 3. The van der Waals surface area contributed by atoms with Crippen LogP contribution in [0.15, 0.2) is 67.0 Å². The fourth-order valence-electron chi connectivity index (χ4n) is 2.61. The van der Waals surface area contributed by atoms with E-state index in [2.05, 4.69) is 20.2 Å². The summed E-state index contributed by atoms with van der Waals surface area (Å²) in [6.45, 7) is 0. The average molecular weight is 301 g/mol. The first-order valence-corrected chi connectivity index (χ1v) is 7.38. The first-order valence-electron chi connectivity index (χ1n) is 7.38. The van der Waals surface area contributed by atoms with Gasteiger partial charge in [0.2, 0.25) is 0 Å². The minimum Gasteiger partial charge on any atom is -0.334 e. The predicted molar refractivity (Wildman–Crippen MR) is 89.5 cm³/mol. The Morgan fingerprint density at radius 1 is 0.913 bits per heavy atom. The molecule has 0 saturated heterocycles. The molecule has 5 heteroatoms. The second kappa shape index (κ2) is 5.53. The van der Waals surface area contributed by atoms with Crippen LogP contribution < -0.4 is 0 Å². The second-order valence-electron chi connectivity index (χ2n) is 5.28. The summed E-state index contributed by atoms with van der Waals surface area (Å²) < 4.78 is 1.99. The molecule has 2 aromatic carbocycles. The maximum absolute atomic E-state index is 4.65. The lowest BCUT2D eigenvalue weighted by Crippen LogP contribution is -1.94. The Hall–Kier alpha value is -3.21. The number of imidazole rings is 1. The highest BCUT2D eigenvalue weighted by Gasteiger charge is 2.14. The number of nitrogens with zero attached hydrogens (tertiary/aromatic N) is 4. The zero-order valence-corrected chi connectivity index (χ0v) is 12.6. The first-order chi connectivity index (χ1) is 11.3. The molecule has 0 aliphatic carbocycles. The lowest BCUT2D eigenvalue weighted by molar-refractivity contribution is 0.925. The third kappa shape index (κ3) is 2.42. The number of hydrogen-bond donors (Lipinski definition) is 1. The van der Waals surface area contributed by atoms with Gasteiger partial charge in [0.05, 0.1) is 0 Å². The molecule has 5 nitrogen and oxygen atoms in total. The summed E-state index contributed by atoms with van der Waals surface area (Å²) in [7, 11) is 1.98. The van der Waals surface area contributed by atoms with Crippen molar-refractivity contribution in [2.75, 3.05) is 0 Å². The zero-order valence-electron chi connectivity index (χ0n) is 12.6. The second-order valence-corrected chi connectivity index (χ2v) is 5.28. The molecule has 112 valence electrons. The number of aromatic amines is 1. The van der Waals surface area contributed by atoms with Gasteiger partial charge < -0.3 is 4.57 Å². The van der Waals surface area contributed by atoms with Crippen molar-refractivity contribution in [1.29, 1.82) is 0 Å². The quantitative estimate of drug-likeness (QED) is 0.629. The number of benzene rings is 2. The van der Waals surface area contributed by atoms with Crippen LogP contribution >= 0.6 is 0 Å². The van der Waals surface area contributed by atoms with Crippen LogP contribution in [0, 0.1) is 0 Å². The van der Waals surface area contributed by atoms with Crippen molar-refractivity contribution in [1.82, 2.24) is 24.7 Å². The van der Waals surface area contributed by atoms with Gasteiger partial charge in [-0.1, -0.05) is 54.6 Å². The summed E-state index contributed by atoms with van der Waals surface area (Å²) in [6.07, 6.45) is 3.73. The molecular formula is C18H15N5. The summed E-state index contributed by atoms with van der Waals surface area (Å²) in [5, 5.41) is 7.39. The smallest absolute Gasteiger partial charge is 0.181 e. The van der Waals surface area contributed by atoms with E-state index in [0.29, 0.717) is 5.82 Å². The van der Waals surface area contributed by atoms with Crippen LogP contribution in [0.5, 0.6) is 0 Å². The molecular weight excluding hydrogens is 286 g/mol. The van der Waals surface area contributed by atoms with Gasteiger partial charge in [-0.2, -0.15) is 5.10 Å². The van der Waals surface area contributed by atoms with Crippen LogP contribution in [0.3, 0.4) is 0 Å². The maximum atomic E-state index is 4.65. The molecule has 0 saturated carbocycles. The Morgan fingerprint density at radius 3 is 2.39 bits per heavy atom. The SMILES string of the molecule is Cn1ccnc1-c1ccccc1-c1nc(-c2ccccc2)n[nH]1. The molecule has 0 aliphatic heterocycles. The zero-order chi connectivity index (χ0) is 15.6. The summed E-state index contributed by atoms with van der Waals surface area (Å²) in [5.74, 6) is 2.33. The normalized spacial score (nSPS) is 10.8. The third-order valence-corrected chi connectivity index (χ3v) is 3.76. The number of rotatable bonds is 3. The van der Waals surface area contributed by atoms with Gasteiger partial charge in [0.1, 0.15) is 5.82 Å². The number of aromatic nitrogens is 5. The van der Waals surface area contributed by atoms with E-state index in [0.717, 1.165) is 28.3 Å². The van der Waals surface area contributed by atoms with Crippen molar-refractivity contribution in [3.8, 4) is 34.2 Å². The molecule has 2 aromatic heterocycles. The largest absolute Gasteiger partial charge is 0.334 e. The fraction of sp³-hybridized carbons (Fsp3) is 0.0556. The lowest BCUT2D eigenvalue weighted by Gasteiger charge is -2.06. The highest BCUT2D eigenvalue weighted by molar-refractivity contribution is 5.77. The Balaban J connectivity index is 1.81. The Kier molecular flexibility index (Phi) is 3.24. The van der Waals surface area contributed by atoms with E-state index in [1.807, 2.05) is 72.4 Å². The van der Waals surface area contributed by atoms with Gasteiger partial charge in [0.15, 0.2) is 11.6 Å². The van der Waals surface area contributed by atoms with E-state index in [1.54, 1.807) is 6.20 Å². The summed E-state index contributed by atoms with van der Waals surface area (Å²) >= 11 is 0. The van der Waals surface area contributed by atoms with Gasteiger partial charge >= 0.3 is 0 Å². The lowest BCUT2D eigenvalue weighted by atomic mass is 10.1. The van der Waals surface area contributed by atoms with Crippen LogP contribution in [0.4, 0.5) is 0 Å². The van der Waals surface area contributed by atoms with E-state index in [4.69, 9.17) is 0 Å². The van der Waals surface area contributed by atoms with Crippen molar-refractivity contribution in [3.63, 3.8) is 0 Å². The van der Waals surface area contributed by atoms with Crippen molar-refractivity contribution in [3.05, 3.63) is 67.0 Å². The van der Waals surface area contributed by atoms with E-state index in [1.165, 1.54) is 0 Å². The summed E-state index contributed by atoms with van der Waals surface area (Å²) in [5.41, 5.74) is 3.00. The van der Waals surface area contributed by atoms with Gasteiger partial charge in [0.25, 0.3) is 0 Å². The minimum absolute atomic E-state index is 0.690. The Labute approximate surface area is 133 Å². The van der Waals surface area contributed by atoms with Crippen molar-refractivity contribution < 1.29 is 0 Å². The van der Waals surface area contributed by atoms with Gasteiger partial charge in [0, 0.05) is 36.1 Å². The molecule has 4 aromatic rings. The first kappa shape index (κ1) is 13.5. The molecule has 4 rings (SSSR count). The molecule has 1 N–H and O–H groups in total. The van der Waals surface area contributed by atoms with Crippen LogP contribution in [0.25, 0.3) is 34.2 Å². The third-order valence-electron chi connectivity index (χ3n) is 3.76. The highest BCUT2D eigenvalue weighted by Crippen LogP contribution is 2.29. The summed E-state index contributed by atoms with van der Waals surface area (Å²) in [6, 6.07) is 18.0. The Bertz CT molecular complexity index is 937. The number of nitrogens with one attached hydrogen (secondary N) is 1. The molecule has 0 spiro atoms. The molecule has 0 radical (unpaired) electrons. The molecule has 0 atom stereocenters. The van der Waals surface area contributed by atoms with E-state index in [9.17, 15) is 0 Å². The fourth-order valence-corrected chi connectivity index (χ4v) is 2.61. The molecule has 0 bridgehead atoms. The van der Waals surface area contributed by atoms with E-state index >= 15 is 0 Å². The Morgan fingerprint density at radius 2 is 1.65 bits per heavy atom. The molecule has 23 heavy (non-hydrogen) atoms. The van der Waals surface area contributed by atoms with Crippen molar-refractivity contribution >= 4 is 0 Å². The number of H-pyrrole nitrogens is 1. The number of aryl methyl sites for hydroxylation is 1. The topological polar surface area (TPSA) is 59.4 Å². The van der Waals surface area contributed by atoms with Gasteiger partial charge in [-0.05, 0) is 0 Å². The van der Waals surface area contributed by atoms with Crippen LogP contribution in [-0.4, -0.2) is 24.7 Å². The predicted octanol–water partition coefficient (Wildman–Crippen LogP) is 3.54. The molecule has 0 unspecified atom stereocenters. The standard InChI is InChI=1S/C18H15N5/c1-23-12-11-19-18(23)15-10-6-5-9-14(15)17-20-16(21-22-17)13-7-3-2-4-8-13/h2-12H,1H3,(H,20,21,22). The molecule has 0 amide bonds. The monoisotopic (exact) mass is 301 g/mol. The van der Waals surface area contributed by atoms with Gasteiger partial charge in [-0.25, -0.2) is 9.97 Å². The van der Waals surface area contributed by atoms with Gasteiger partial charge in [-0.3, -0.25) is 5.10 Å². The van der Waals surface area contributed by atoms with Gasteiger partial charge in [-0.15, -0.1) is 0 Å². The highest BCUT2D eigenvalue weighted by atomic mass is 15.2. The van der Waals surface area contributed by atoms with E-state index in [-0.39, 0.29) is 0 Å². The molecule has 0 aliphatic rings.